The summed E-state index contributed by atoms with van der Waals surface area (Å²) in [5, 5.41) is 9.82. The van der Waals surface area contributed by atoms with Crippen LogP contribution in [0.2, 0.25) is 0 Å². The van der Waals surface area contributed by atoms with Crippen molar-refractivity contribution >= 4 is 5.97 Å². The number of hydrogen-bond donors (Lipinski definition) is 1. The minimum absolute atomic E-state index is 0.432. The molecule has 18 heavy (non-hydrogen) atoms. The zero-order valence-corrected chi connectivity index (χ0v) is 11.0. The number of aliphatic hydroxyl groups excluding tert-OH is 1. The first-order valence-electron chi connectivity index (χ1n) is 5.53. The number of methoxy groups -OCH3 is 3. The molecule has 2 unspecified atom stereocenters. The molecule has 0 bridgehead atoms. The minimum Gasteiger partial charge on any atom is -0.497 e. The van der Waals surface area contributed by atoms with Crippen LogP contribution in [0.15, 0.2) is 18.2 Å². The van der Waals surface area contributed by atoms with Gasteiger partial charge in [0.25, 0.3) is 0 Å². The summed E-state index contributed by atoms with van der Waals surface area (Å²) in [6.45, 7) is 1.73. The highest BCUT2D eigenvalue weighted by Crippen LogP contribution is 2.32. The number of benzene rings is 1. The fourth-order valence-corrected chi connectivity index (χ4v) is 1.69. The monoisotopic (exact) mass is 254 g/mol. The average molecular weight is 254 g/mol. The van der Waals surface area contributed by atoms with Gasteiger partial charge in [-0.2, -0.15) is 0 Å². The Hall–Kier alpha value is -1.75. The largest absolute Gasteiger partial charge is 0.497 e. The van der Waals surface area contributed by atoms with Crippen molar-refractivity contribution in [2.75, 3.05) is 21.3 Å². The summed E-state index contributed by atoms with van der Waals surface area (Å²) in [5.41, 5.74) is 0.719. The molecule has 0 heterocycles. The van der Waals surface area contributed by atoms with Crippen LogP contribution in [-0.2, 0) is 9.53 Å². The summed E-state index contributed by atoms with van der Waals surface area (Å²) in [4.78, 5) is 11.3. The zero-order chi connectivity index (χ0) is 13.7. The number of ether oxygens (including phenoxy) is 3. The molecule has 100 valence electrons. The molecular weight excluding hydrogens is 236 g/mol. The molecule has 0 amide bonds. The van der Waals surface area contributed by atoms with Crippen molar-refractivity contribution in [3.63, 3.8) is 0 Å². The summed E-state index contributed by atoms with van der Waals surface area (Å²) >= 11 is 0. The Morgan fingerprint density at radius 2 is 1.89 bits per heavy atom. The second-order valence-electron chi connectivity index (χ2n) is 3.86. The average Bonchev–Trinajstić information content (AvgIpc) is 2.43. The topological polar surface area (TPSA) is 65.0 Å². The second-order valence-corrected chi connectivity index (χ2v) is 3.86. The van der Waals surface area contributed by atoms with Crippen LogP contribution in [0.25, 0.3) is 0 Å². The zero-order valence-electron chi connectivity index (χ0n) is 11.0. The lowest BCUT2D eigenvalue weighted by atomic mass is 9.94. The lowest BCUT2D eigenvalue weighted by molar-refractivity contribution is -0.151. The molecule has 0 aromatic heterocycles. The van der Waals surface area contributed by atoms with E-state index in [2.05, 4.69) is 4.74 Å². The molecule has 0 radical (unpaired) electrons. The van der Waals surface area contributed by atoms with E-state index in [-0.39, 0.29) is 0 Å². The lowest BCUT2D eigenvalue weighted by Crippen LogP contribution is -2.27. The normalized spacial score (nSPS) is 13.6. The first-order chi connectivity index (χ1) is 8.54. The van der Waals surface area contributed by atoms with Gasteiger partial charge in [0.1, 0.15) is 11.5 Å². The van der Waals surface area contributed by atoms with Crippen LogP contribution in [-0.4, -0.2) is 38.5 Å². The number of esters is 1. The summed E-state index contributed by atoms with van der Waals surface area (Å²) in [6, 6.07) is 5.21. The maximum Gasteiger partial charge on any atom is 0.335 e. The Morgan fingerprint density at radius 1 is 1.22 bits per heavy atom. The molecule has 0 aliphatic rings. The van der Waals surface area contributed by atoms with Gasteiger partial charge in [0.15, 0.2) is 6.10 Å². The molecule has 1 aromatic rings. The van der Waals surface area contributed by atoms with E-state index in [4.69, 9.17) is 9.47 Å². The van der Waals surface area contributed by atoms with Gasteiger partial charge in [-0.3, -0.25) is 0 Å². The van der Waals surface area contributed by atoms with Gasteiger partial charge in [0.05, 0.1) is 21.3 Å². The van der Waals surface area contributed by atoms with Gasteiger partial charge in [-0.15, -0.1) is 0 Å². The molecule has 1 aromatic carbocycles. The predicted octanol–water partition coefficient (Wildman–Crippen LogP) is 1.34. The van der Waals surface area contributed by atoms with Gasteiger partial charge in [0.2, 0.25) is 0 Å². The summed E-state index contributed by atoms with van der Waals surface area (Å²) in [5.74, 6) is 0.110. The molecular formula is C13H18O5. The fraction of sp³-hybridized carbons (Fsp3) is 0.462. The number of carbonyl (C=O) groups is 1. The van der Waals surface area contributed by atoms with Gasteiger partial charge < -0.3 is 19.3 Å². The Morgan fingerprint density at radius 3 is 2.39 bits per heavy atom. The van der Waals surface area contributed by atoms with E-state index in [9.17, 15) is 9.90 Å². The SMILES string of the molecule is COC(=O)C(O)C(C)c1ccc(OC)cc1OC. The van der Waals surface area contributed by atoms with Crippen molar-refractivity contribution < 1.29 is 24.1 Å². The maximum absolute atomic E-state index is 11.3. The van der Waals surface area contributed by atoms with Crippen LogP contribution >= 0.6 is 0 Å². The fourth-order valence-electron chi connectivity index (χ4n) is 1.69. The number of carbonyl (C=O) groups excluding carboxylic acids is 1. The van der Waals surface area contributed by atoms with E-state index in [1.807, 2.05) is 0 Å². The number of aliphatic hydroxyl groups is 1. The van der Waals surface area contributed by atoms with Crippen molar-refractivity contribution in [3.8, 4) is 11.5 Å². The van der Waals surface area contributed by atoms with Gasteiger partial charge in [0, 0.05) is 17.5 Å². The number of hydrogen-bond acceptors (Lipinski definition) is 5. The highest BCUT2D eigenvalue weighted by atomic mass is 16.5. The Bertz CT molecular complexity index is 416. The van der Waals surface area contributed by atoms with Gasteiger partial charge in [-0.1, -0.05) is 13.0 Å². The third-order valence-corrected chi connectivity index (χ3v) is 2.85. The van der Waals surface area contributed by atoms with Crippen molar-refractivity contribution in [3.05, 3.63) is 23.8 Å². The van der Waals surface area contributed by atoms with E-state index in [0.717, 1.165) is 5.56 Å². The van der Waals surface area contributed by atoms with E-state index in [1.54, 1.807) is 32.2 Å². The highest BCUT2D eigenvalue weighted by molar-refractivity contribution is 5.75. The molecule has 5 nitrogen and oxygen atoms in total. The molecule has 0 aliphatic heterocycles. The molecule has 1 rings (SSSR count). The van der Waals surface area contributed by atoms with Gasteiger partial charge in [-0.05, 0) is 6.07 Å². The Labute approximate surface area is 106 Å². The van der Waals surface area contributed by atoms with Crippen molar-refractivity contribution in [1.82, 2.24) is 0 Å². The van der Waals surface area contributed by atoms with Crippen LogP contribution in [0.5, 0.6) is 11.5 Å². The molecule has 0 saturated carbocycles. The van der Waals surface area contributed by atoms with E-state index in [0.29, 0.717) is 11.5 Å². The van der Waals surface area contributed by atoms with Crippen LogP contribution in [0.4, 0.5) is 0 Å². The summed E-state index contributed by atoms with van der Waals surface area (Å²) in [7, 11) is 4.32. The summed E-state index contributed by atoms with van der Waals surface area (Å²) < 4.78 is 14.8. The third-order valence-electron chi connectivity index (χ3n) is 2.85. The predicted molar refractivity (Wildman–Crippen MR) is 66.0 cm³/mol. The van der Waals surface area contributed by atoms with Gasteiger partial charge in [-0.25, -0.2) is 4.79 Å². The van der Waals surface area contributed by atoms with Crippen molar-refractivity contribution in [2.45, 2.75) is 18.9 Å². The molecule has 0 aliphatic carbocycles. The molecule has 5 heteroatoms. The van der Waals surface area contributed by atoms with Crippen LogP contribution in [0.3, 0.4) is 0 Å². The van der Waals surface area contributed by atoms with Gasteiger partial charge >= 0.3 is 5.97 Å². The van der Waals surface area contributed by atoms with Crippen LogP contribution in [0.1, 0.15) is 18.4 Å². The number of rotatable bonds is 5. The standard InChI is InChI=1S/C13H18O5/c1-8(12(14)13(15)18-4)10-6-5-9(16-2)7-11(10)17-3/h5-8,12,14H,1-4H3. The van der Waals surface area contributed by atoms with Crippen molar-refractivity contribution in [2.24, 2.45) is 0 Å². The first kappa shape index (κ1) is 14.3. The lowest BCUT2D eigenvalue weighted by Gasteiger charge is -2.19. The maximum atomic E-state index is 11.3. The molecule has 1 N–H and O–H groups in total. The van der Waals surface area contributed by atoms with E-state index in [1.165, 1.54) is 14.2 Å². The molecule has 0 saturated heterocycles. The quantitative estimate of drug-likeness (QED) is 0.803. The second kappa shape index (κ2) is 6.26. The molecule has 0 spiro atoms. The van der Waals surface area contributed by atoms with E-state index < -0.39 is 18.0 Å². The van der Waals surface area contributed by atoms with Crippen molar-refractivity contribution in [1.29, 1.82) is 0 Å². The first-order valence-corrected chi connectivity index (χ1v) is 5.53. The Balaban J connectivity index is 3.04. The molecule has 0 fully saturated rings. The minimum atomic E-state index is -1.22. The van der Waals surface area contributed by atoms with Crippen LogP contribution < -0.4 is 9.47 Å². The highest BCUT2D eigenvalue weighted by Gasteiger charge is 2.26. The summed E-state index contributed by atoms with van der Waals surface area (Å²) in [6.07, 6.45) is -1.22. The molecule has 2 atom stereocenters. The van der Waals surface area contributed by atoms with E-state index >= 15 is 0 Å². The third kappa shape index (κ3) is 2.92. The Kier molecular flexibility index (Phi) is 4.97. The smallest absolute Gasteiger partial charge is 0.335 e. The van der Waals surface area contributed by atoms with Crippen LogP contribution in [0, 0.1) is 0 Å².